The predicted molar refractivity (Wildman–Crippen MR) is 78.3 cm³/mol. The van der Waals surface area contributed by atoms with Crippen LogP contribution in [0, 0.1) is 5.92 Å². The molecule has 114 valence electrons. The Morgan fingerprint density at radius 1 is 1.05 bits per heavy atom. The molecule has 2 rings (SSSR count). The summed E-state index contributed by atoms with van der Waals surface area (Å²) in [5, 5.41) is 5.96. The van der Waals surface area contributed by atoms with Gasteiger partial charge in [-0.3, -0.25) is 9.59 Å². The lowest BCUT2D eigenvalue weighted by Crippen LogP contribution is -2.38. The second-order valence-corrected chi connectivity index (χ2v) is 5.97. The Hall–Kier alpha value is -1.10. The zero-order chi connectivity index (χ0) is 14.2. The normalized spacial score (nSPS) is 19.5. The van der Waals surface area contributed by atoms with Gasteiger partial charge in [-0.05, 0) is 38.1 Å². The fourth-order valence-corrected chi connectivity index (χ4v) is 2.56. The maximum absolute atomic E-state index is 12.0. The Morgan fingerprint density at radius 3 is 2.40 bits per heavy atom. The number of amides is 2. The molecule has 0 unspecified atom stereocenters. The summed E-state index contributed by atoms with van der Waals surface area (Å²) in [4.78, 5) is 25.5. The summed E-state index contributed by atoms with van der Waals surface area (Å²) in [7, 11) is 0. The van der Waals surface area contributed by atoms with Crippen molar-refractivity contribution >= 4 is 11.8 Å². The molecule has 20 heavy (non-hydrogen) atoms. The molecule has 0 radical (unpaired) electrons. The van der Waals surface area contributed by atoms with E-state index >= 15 is 0 Å². The quantitative estimate of drug-likeness (QED) is 0.729. The highest BCUT2D eigenvalue weighted by Crippen LogP contribution is 2.27. The van der Waals surface area contributed by atoms with Gasteiger partial charge in [0.1, 0.15) is 0 Å². The lowest BCUT2D eigenvalue weighted by atomic mass is 10.2. The molecule has 5 nitrogen and oxygen atoms in total. The highest BCUT2D eigenvalue weighted by Gasteiger charge is 2.20. The van der Waals surface area contributed by atoms with Crippen LogP contribution in [0.2, 0.25) is 0 Å². The van der Waals surface area contributed by atoms with Crippen molar-refractivity contribution in [3.8, 4) is 0 Å². The van der Waals surface area contributed by atoms with Gasteiger partial charge >= 0.3 is 0 Å². The smallest absolute Gasteiger partial charge is 0.233 e. The zero-order valence-electron chi connectivity index (χ0n) is 12.3. The average Bonchev–Trinajstić information content (AvgIpc) is 3.25. The topological polar surface area (TPSA) is 61.4 Å². The standard InChI is InChI=1S/C15H27N3O2/c19-14(12-16-11-13-5-6-13)17-8-7-15(20)18-9-3-1-2-4-10-18/h13,16H,1-12H2,(H,17,19). The minimum Gasteiger partial charge on any atom is -0.354 e. The van der Waals surface area contributed by atoms with Crippen molar-refractivity contribution in [3.63, 3.8) is 0 Å². The summed E-state index contributed by atoms with van der Waals surface area (Å²) in [6.45, 7) is 3.54. The molecular weight excluding hydrogens is 254 g/mol. The van der Waals surface area contributed by atoms with Crippen LogP contribution in [0.3, 0.4) is 0 Å². The highest BCUT2D eigenvalue weighted by molar-refractivity contribution is 5.80. The summed E-state index contributed by atoms with van der Waals surface area (Å²) in [6.07, 6.45) is 7.69. The summed E-state index contributed by atoms with van der Waals surface area (Å²) in [6, 6.07) is 0. The van der Waals surface area contributed by atoms with Gasteiger partial charge in [0, 0.05) is 26.1 Å². The number of rotatable bonds is 7. The van der Waals surface area contributed by atoms with Crippen molar-refractivity contribution < 1.29 is 9.59 Å². The van der Waals surface area contributed by atoms with Crippen LogP contribution in [0.25, 0.3) is 0 Å². The van der Waals surface area contributed by atoms with Crippen LogP contribution >= 0.6 is 0 Å². The molecule has 2 aliphatic rings. The number of hydrogen-bond donors (Lipinski definition) is 2. The molecule has 0 aromatic heterocycles. The van der Waals surface area contributed by atoms with Crippen LogP contribution < -0.4 is 10.6 Å². The van der Waals surface area contributed by atoms with E-state index in [9.17, 15) is 9.59 Å². The van der Waals surface area contributed by atoms with Gasteiger partial charge in [-0.25, -0.2) is 0 Å². The molecule has 2 fully saturated rings. The van der Waals surface area contributed by atoms with Gasteiger partial charge in [-0.2, -0.15) is 0 Å². The monoisotopic (exact) mass is 281 g/mol. The van der Waals surface area contributed by atoms with E-state index in [2.05, 4.69) is 10.6 Å². The van der Waals surface area contributed by atoms with Gasteiger partial charge in [0.05, 0.1) is 6.54 Å². The summed E-state index contributed by atoms with van der Waals surface area (Å²) < 4.78 is 0. The third kappa shape index (κ3) is 5.90. The molecule has 0 bridgehead atoms. The van der Waals surface area contributed by atoms with Gasteiger partial charge in [0.25, 0.3) is 0 Å². The molecule has 0 spiro atoms. The molecule has 0 atom stereocenters. The lowest BCUT2D eigenvalue weighted by Gasteiger charge is -2.20. The van der Waals surface area contributed by atoms with E-state index in [1.807, 2.05) is 4.90 Å². The summed E-state index contributed by atoms with van der Waals surface area (Å²) >= 11 is 0. The Labute approximate surface area is 121 Å². The van der Waals surface area contributed by atoms with Gasteiger partial charge < -0.3 is 15.5 Å². The Kier molecular flexibility index (Phi) is 6.30. The van der Waals surface area contributed by atoms with Gasteiger partial charge in [0.2, 0.25) is 11.8 Å². The molecule has 1 aliphatic carbocycles. The number of likely N-dealkylation sites (tertiary alicyclic amines) is 1. The lowest BCUT2D eigenvalue weighted by molar-refractivity contribution is -0.131. The maximum Gasteiger partial charge on any atom is 0.233 e. The molecule has 1 aliphatic heterocycles. The first-order chi connectivity index (χ1) is 9.75. The number of carbonyl (C=O) groups is 2. The van der Waals surface area contributed by atoms with E-state index in [1.54, 1.807) is 0 Å². The van der Waals surface area contributed by atoms with Crippen LogP contribution in [0.15, 0.2) is 0 Å². The van der Waals surface area contributed by atoms with Crippen LogP contribution in [0.1, 0.15) is 44.9 Å². The maximum atomic E-state index is 12.0. The van der Waals surface area contributed by atoms with Crippen LogP contribution in [-0.2, 0) is 9.59 Å². The minimum absolute atomic E-state index is 0.00526. The van der Waals surface area contributed by atoms with Crippen molar-refractivity contribution in [1.82, 2.24) is 15.5 Å². The van der Waals surface area contributed by atoms with E-state index < -0.39 is 0 Å². The van der Waals surface area contributed by atoms with Crippen molar-refractivity contribution in [1.29, 1.82) is 0 Å². The largest absolute Gasteiger partial charge is 0.354 e. The Morgan fingerprint density at radius 2 is 1.75 bits per heavy atom. The molecule has 2 N–H and O–H groups in total. The Bertz CT molecular complexity index is 321. The third-order valence-electron chi connectivity index (χ3n) is 4.04. The number of hydrogen-bond acceptors (Lipinski definition) is 3. The van der Waals surface area contributed by atoms with Crippen LogP contribution in [0.5, 0.6) is 0 Å². The third-order valence-corrected chi connectivity index (χ3v) is 4.04. The molecule has 1 heterocycles. The van der Waals surface area contributed by atoms with Gasteiger partial charge in [0.15, 0.2) is 0 Å². The fraction of sp³-hybridized carbons (Fsp3) is 0.867. The van der Waals surface area contributed by atoms with E-state index in [4.69, 9.17) is 0 Å². The molecular formula is C15H27N3O2. The number of carbonyl (C=O) groups excluding carboxylic acids is 2. The molecule has 2 amide bonds. The van der Waals surface area contributed by atoms with Crippen molar-refractivity contribution in [3.05, 3.63) is 0 Å². The Balaban J connectivity index is 1.52. The molecule has 5 heteroatoms. The predicted octanol–water partition coefficient (Wildman–Crippen LogP) is 0.895. The SMILES string of the molecule is O=C(CNCC1CC1)NCCC(=O)N1CCCCCC1. The van der Waals surface area contributed by atoms with E-state index in [1.165, 1.54) is 25.7 Å². The summed E-state index contributed by atoms with van der Waals surface area (Å²) in [5.41, 5.74) is 0. The van der Waals surface area contributed by atoms with Gasteiger partial charge in [-0.15, -0.1) is 0 Å². The first kappa shape index (κ1) is 15.3. The minimum atomic E-state index is -0.00526. The van der Waals surface area contributed by atoms with E-state index in [0.29, 0.717) is 19.5 Å². The molecule has 1 saturated heterocycles. The number of nitrogens with one attached hydrogen (secondary N) is 2. The summed E-state index contributed by atoms with van der Waals surface area (Å²) in [5.74, 6) is 0.958. The first-order valence-electron chi connectivity index (χ1n) is 8.01. The fourth-order valence-electron chi connectivity index (χ4n) is 2.56. The molecule has 1 saturated carbocycles. The van der Waals surface area contributed by atoms with Crippen molar-refractivity contribution in [2.45, 2.75) is 44.9 Å². The van der Waals surface area contributed by atoms with Gasteiger partial charge in [-0.1, -0.05) is 12.8 Å². The molecule has 0 aromatic rings. The second-order valence-electron chi connectivity index (χ2n) is 5.97. The van der Waals surface area contributed by atoms with E-state index in [0.717, 1.165) is 38.4 Å². The van der Waals surface area contributed by atoms with Crippen LogP contribution in [0.4, 0.5) is 0 Å². The second kappa shape index (κ2) is 8.25. The van der Waals surface area contributed by atoms with Crippen molar-refractivity contribution in [2.75, 3.05) is 32.7 Å². The van der Waals surface area contributed by atoms with E-state index in [-0.39, 0.29) is 11.8 Å². The van der Waals surface area contributed by atoms with Crippen molar-refractivity contribution in [2.24, 2.45) is 5.92 Å². The highest BCUT2D eigenvalue weighted by atomic mass is 16.2. The zero-order valence-corrected chi connectivity index (χ0v) is 12.3. The number of nitrogens with zero attached hydrogens (tertiary/aromatic N) is 1. The van der Waals surface area contributed by atoms with Crippen LogP contribution in [-0.4, -0.2) is 49.4 Å². The first-order valence-corrected chi connectivity index (χ1v) is 8.01. The average molecular weight is 281 g/mol. The molecule has 0 aromatic carbocycles.